The highest BCUT2D eigenvalue weighted by molar-refractivity contribution is 6.32. The lowest BCUT2D eigenvalue weighted by molar-refractivity contribution is -0.116. The van der Waals surface area contributed by atoms with Crippen molar-refractivity contribution in [3.63, 3.8) is 0 Å². The van der Waals surface area contributed by atoms with Crippen LogP contribution in [0.15, 0.2) is 42.5 Å². The Morgan fingerprint density at radius 2 is 2.08 bits per heavy atom. The summed E-state index contributed by atoms with van der Waals surface area (Å²) in [6, 6.07) is 9.69. The molecule has 0 bridgehead atoms. The number of carbonyl (C=O) groups is 1. The average molecular weight is 364 g/mol. The largest absolute Gasteiger partial charge is 0.493 e. The third-order valence-corrected chi connectivity index (χ3v) is 3.66. The highest BCUT2D eigenvalue weighted by atomic mass is 35.5. The molecule has 0 aliphatic heterocycles. The number of carbonyl (C=O) groups excluding carboxylic acids is 1. The van der Waals surface area contributed by atoms with Crippen molar-refractivity contribution in [3.05, 3.63) is 64.4 Å². The Balaban J connectivity index is 2.04. The molecule has 0 atom stereocenters. The van der Waals surface area contributed by atoms with E-state index in [9.17, 15) is 9.18 Å². The van der Waals surface area contributed by atoms with Crippen LogP contribution in [0.1, 0.15) is 18.1 Å². The smallest absolute Gasteiger partial charge is 0.244 e. The van der Waals surface area contributed by atoms with Gasteiger partial charge in [0.15, 0.2) is 11.5 Å². The molecule has 0 spiro atoms. The van der Waals surface area contributed by atoms with Crippen LogP contribution >= 0.6 is 11.6 Å². The predicted molar refractivity (Wildman–Crippen MR) is 96.5 cm³/mol. The zero-order valence-corrected chi connectivity index (χ0v) is 14.8. The zero-order valence-electron chi connectivity index (χ0n) is 14.0. The lowest BCUT2D eigenvalue weighted by atomic mass is 10.1. The van der Waals surface area contributed by atoms with E-state index < -0.39 is 0 Å². The number of amides is 1. The van der Waals surface area contributed by atoms with Crippen molar-refractivity contribution in [2.45, 2.75) is 13.5 Å². The quantitative estimate of drug-likeness (QED) is 0.749. The van der Waals surface area contributed by atoms with Crippen LogP contribution in [0.4, 0.5) is 4.39 Å². The fourth-order valence-corrected chi connectivity index (χ4v) is 2.45. The molecule has 2 rings (SSSR count). The summed E-state index contributed by atoms with van der Waals surface area (Å²) < 4.78 is 24.2. The van der Waals surface area contributed by atoms with Crippen LogP contribution in [0.2, 0.25) is 5.02 Å². The van der Waals surface area contributed by atoms with Gasteiger partial charge in [-0.25, -0.2) is 4.39 Å². The number of halogens is 2. The molecule has 0 heterocycles. The highest BCUT2D eigenvalue weighted by Crippen LogP contribution is 2.36. The maximum Gasteiger partial charge on any atom is 0.244 e. The molecule has 0 aliphatic rings. The molecule has 2 aromatic rings. The molecule has 0 saturated carbocycles. The Labute approximate surface area is 151 Å². The molecule has 2 aromatic carbocycles. The lowest BCUT2D eigenvalue weighted by Crippen LogP contribution is -2.20. The standard InChI is InChI=1S/C19H19ClFNO3/c1-3-25-19-15(20)10-13(11-17(19)24-2)8-9-18(23)22-12-14-6-4-5-7-16(14)21/h4-11H,3,12H2,1-2H3,(H,22,23)/b9-8+. The summed E-state index contributed by atoms with van der Waals surface area (Å²) in [5.41, 5.74) is 1.11. The SMILES string of the molecule is CCOc1c(Cl)cc(/C=C/C(=O)NCc2ccccc2F)cc1OC. The maximum absolute atomic E-state index is 13.5. The van der Waals surface area contributed by atoms with E-state index in [1.165, 1.54) is 19.3 Å². The van der Waals surface area contributed by atoms with E-state index in [1.54, 1.807) is 36.4 Å². The Kier molecular flexibility index (Phi) is 6.83. The van der Waals surface area contributed by atoms with Gasteiger partial charge in [0.05, 0.1) is 18.7 Å². The lowest BCUT2D eigenvalue weighted by Gasteiger charge is -2.11. The van der Waals surface area contributed by atoms with Crippen molar-refractivity contribution in [2.24, 2.45) is 0 Å². The fourth-order valence-electron chi connectivity index (χ4n) is 2.18. The molecule has 1 amide bonds. The first-order valence-corrected chi connectivity index (χ1v) is 8.12. The van der Waals surface area contributed by atoms with E-state index in [4.69, 9.17) is 21.1 Å². The molecule has 0 fully saturated rings. The summed E-state index contributed by atoms with van der Waals surface area (Å²) in [7, 11) is 1.52. The van der Waals surface area contributed by atoms with Gasteiger partial charge < -0.3 is 14.8 Å². The van der Waals surface area contributed by atoms with Crippen molar-refractivity contribution in [3.8, 4) is 11.5 Å². The van der Waals surface area contributed by atoms with E-state index in [0.717, 1.165) is 0 Å². The number of rotatable bonds is 7. The normalized spacial score (nSPS) is 10.7. The molecule has 0 aromatic heterocycles. The third-order valence-electron chi connectivity index (χ3n) is 3.38. The first kappa shape index (κ1) is 18.8. The fraction of sp³-hybridized carbons (Fsp3) is 0.211. The summed E-state index contributed by atoms with van der Waals surface area (Å²) in [6.45, 7) is 2.43. The van der Waals surface area contributed by atoms with Crippen LogP contribution in [-0.2, 0) is 11.3 Å². The van der Waals surface area contributed by atoms with Gasteiger partial charge in [0.2, 0.25) is 5.91 Å². The highest BCUT2D eigenvalue weighted by Gasteiger charge is 2.10. The van der Waals surface area contributed by atoms with Gasteiger partial charge in [0.1, 0.15) is 5.82 Å². The second-order valence-corrected chi connectivity index (χ2v) is 5.52. The zero-order chi connectivity index (χ0) is 18.2. The van der Waals surface area contributed by atoms with Crippen molar-refractivity contribution in [2.75, 3.05) is 13.7 Å². The summed E-state index contributed by atoms with van der Waals surface area (Å²) >= 11 is 6.18. The van der Waals surface area contributed by atoms with E-state index >= 15 is 0 Å². The number of methoxy groups -OCH3 is 1. The van der Waals surface area contributed by atoms with E-state index in [2.05, 4.69) is 5.32 Å². The summed E-state index contributed by atoms with van der Waals surface area (Å²) in [4.78, 5) is 11.9. The second-order valence-electron chi connectivity index (χ2n) is 5.11. The van der Waals surface area contributed by atoms with Crippen LogP contribution < -0.4 is 14.8 Å². The molecule has 6 heteroatoms. The van der Waals surface area contributed by atoms with Gasteiger partial charge >= 0.3 is 0 Å². The van der Waals surface area contributed by atoms with Crippen molar-refractivity contribution in [1.29, 1.82) is 0 Å². The first-order valence-electron chi connectivity index (χ1n) is 7.74. The molecule has 132 valence electrons. The van der Waals surface area contributed by atoms with Gasteiger partial charge in [-0.05, 0) is 36.8 Å². The monoisotopic (exact) mass is 363 g/mol. The average Bonchev–Trinajstić information content (AvgIpc) is 2.61. The summed E-state index contributed by atoms with van der Waals surface area (Å²) in [5, 5.41) is 3.03. The van der Waals surface area contributed by atoms with Crippen LogP contribution in [0.5, 0.6) is 11.5 Å². The van der Waals surface area contributed by atoms with Crippen molar-refractivity contribution >= 4 is 23.6 Å². The number of hydrogen-bond acceptors (Lipinski definition) is 3. The first-order chi connectivity index (χ1) is 12.0. The topological polar surface area (TPSA) is 47.6 Å². The summed E-state index contributed by atoms with van der Waals surface area (Å²) in [6.07, 6.45) is 2.95. The molecule has 0 radical (unpaired) electrons. The molecule has 0 saturated heterocycles. The van der Waals surface area contributed by atoms with Gasteiger partial charge in [-0.15, -0.1) is 0 Å². The Bertz CT molecular complexity index is 777. The number of ether oxygens (including phenoxy) is 2. The minimum absolute atomic E-state index is 0.114. The number of nitrogens with one attached hydrogen (secondary N) is 1. The molecule has 0 unspecified atom stereocenters. The van der Waals surface area contributed by atoms with Gasteiger partial charge in [0.25, 0.3) is 0 Å². The Hall–Kier alpha value is -2.53. The second kappa shape index (κ2) is 9.08. The molecular weight excluding hydrogens is 345 g/mol. The van der Waals surface area contributed by atoms with Crippen LogP contribution in [0.25, 0.3) is 6.08 Å². The Morgan fingerprint density at radius 1 is 1.32 bits per heavy atom. The Morgan fingerprint density at radius 3 is 2.76 bits per heavy atom. The number of hydrogen-bond donors (Lipinski definition) is 1. The van der Waals surface area contributed by atoms with E-state index in [0.29, 0.717) is 34.3 Å². The molecule has 4 nitrogen and oxygen atoms in total. The third kappa shape index (κ3) is 5.22. The molecular formula is C19H19ClFNO3. The van der Waals surface area contributed by atoms with Gasteiger partial charge in [-0.2, -0.15) is 0 Å². The minimum atomic E-state index is -0.352. The van der Waals surface area contributed by atoms with Crippen LogP contribution in [-0.4, -0.2) is 19.6 Å². The van der Waals surface area contributed by atoms with Gasteiger partial charge in [-0.1, -0.05) is 29.8 Å². The van der Waals surface area contributed by atoms with E-state index in [1.807, 2.05) is 6.92 Å². The van der Waals surface area contributed by atoms with Crippen LogP contribution in [0, 0.1) is 5.82 Å². The molecule has 1 N–H and O–H groups in total. The van der Waals surface area contributed by atoms with Crippen molar-refractivity contribution < 1.29 is 18.7 Å². The van der Waals surface area contributed by atoms with Crippen LogP contribution in [0.3, 0.4) is 0 Å². The van der Waals surface area contributed by atoms with E-state index in [-0.39, 0.29) is 18.3 Å². The molecule has 0 aliphatic carbocycles. The van der Waals surface area contributed by atoms with Gasteiger partial charge in [0, 0.05) is 18.2 Å². The molecule has 25 heavy (non-hydrogen) atoms. The van der Waals surface area contributed by atoms with Crippen molar-refractivity contribution in [1.82, 2.24) is 5.32 Å². The predicted octanol–water partition coefficient (Wildman–Crippen LogP) is 4.22. The van der Waals surface area contributed by atoms with Gasteiger partial charge in [-0.3, -0.25) is 4.79 Å². The number of benzene rings is 2. The minimum Gasteiger partial charge on any atom is -0.493 e. The summed E-state index contributed by atoms with van der Waals surface area (Å²) in [5.74, 6) is 0.260. The maximum atomic E-state index is 13.5.